The van der Waals surface area contributed by atoms with Gasteiger partial charge in [0.15, 0.2) is 0 Å². The van der Waals surface area contributed by atoms with Crippen LogP contribution >= 0.6 is 15.9 Å². The third-order valence-corrected chi connectivity index (χ3v) is 2.45. The third kappa shape index (κ3) is 2.36. The molecule has 0 saturated heterocycles. The Morgan fingerprint density at radius 2 is 2.33 bits per heavy atom. The van der Waals surface area contributed by atoms with Crippen molar-refractivity contribution in [3.05, 3.63) is 34.7 Å². The first-order valence-electron chi connectivity index (χ1n) is 4.53. The number of fused-ring (bicyclic) bond motifs is 1. The number of amides is 1. The van der Waals surface area contributed by atoms with Crippen molar-refractivity contribution < 1.29 is 4.79 Å². The molecule has 0 aliphatic carbocycles. The van der Waals surface area contributed by atoms with Crippen LogP contribution in [0.1, 0.15) is 12.6 Å². The van der Waals surface area contributed by atoms with Crippen LogP contribution in [-0.4, -0.2) is 15.3 Å². The highest BCUT2D eigenvalue weighted by molar-refractivity contribution is 9.10. The normalized spacial score (nSPS) is 10.5. The minimum absolute atomic E-state index is 0.0479. The molecule has 2 rings (SSSR count). The number of nitrogens with zero attached hydrogens (tertiary/aromatic N) is 2. The summed E-state index contributed by atoms with van der Waals surface area (Å²) in [5.41, 5.74) is 1.72. The van der Waals surface area contributed by atoms with Gasteiger partial charge in [-0.15, -0.1) is 0 Å². The zero-order chi connectivity index (χ0) is 10.8. The smallest absolute Gasteiger partial charge is 0.217 e. The van der Waals surface area contributed by atoms with E-state index < -0.39 is 0 Å². The molecule has 0 aliphatic heterocycles. The summed E-state index contributed by atoms with van der Waals surface area (Å²) in [5.74, 6) is -0.0479. The molecule has 1 amide bonds. The first-order chi connectivity index (χ1) is 7.15. The van der Waals surface area contributed by atoms with Crippen molar-refractivity contribution in [1.82, 2.24) is 14.7 Å². The Labute approximate surface area is 95.4 Å². The van der Waals surface area contributed by atoms with Crippen LogP contribution in [0.2, 0.25) is 0 Å². The fraction of sp³-hybridized carbons (Fsp3) is 0.200. The molecule has 0 fully saturated rings. The lowest BCUT2D eigenvalue weighted by molar-refractivity contribution is -0.119. The minimum atomic E-state index is -0.0479. The molecule has 0 radical (unpaired) electrons. The third-order valence-electron chi connectivity index (χ3n) is 1.98. The van der Waals surface area contributed by atoms with E-state index >= 15 is 0 Å². The number of halogens is 1. The highest BCUT2D eigenvalue weighted by Gasteiger charge is 2.01. The number of imidazole rings is 1. The van der Waals surface area contributed by atoms with Gasteiger partial charge in [-0.1, -0.05) is 0 Å². The van der Waals surface area contributed by atoms with E-state index in [1.165, 1.54) is 6.92 Å². The Morgan fingerprint density at radius 1 is 1.53 bits per heavy atom. The van der Waals surface area contributed by atoms with Crippen molar-refractivity contribution >= 4 is 27.5 Å². The minimum Gasteiger partial charge on any atom is -0.351 e. The van der Waals surface area contributed by atoms with Crippen molar-refractivity contribution in [2.45, 2.75) is 13.5 Å². The molecule has 0 unspecified atom stereocenters. The maximum Gasteiger partial charge on any atom is 0.217 e. The Bertz CT molecular complexity index is 506. The van der Waals surface area contributed by atoms with E-state index in [1.807, 2.05) is 28.9 Å². The highest BCUT2D eigenvalue weighted by Crippen LogP contribution is 2.12. The van der Waals surface area contributed by atoms with Gasteiger partial charge in [-0.05, 0) is 28.1 Å². The summed E-state index contributed by atoms with van der Waals surface area (Å²) in [5, 5.41) is 2.71. The Morgan fingerprint density at radius 3 is 3.07 bits per heavy atom. The fourth-order valence-electron chi connectivity index (χ4n) is 1.32. The molecular formula is C10H10BrN3O. The summed E-state index contributed by atoms with van der Waals surface area (Å²) in [4.78, 5) is 15.1. The Balaban J connectivity index is 2.27. The molecule has 0 aromatic carbocycles. The number of hydrogen-bond donors (Lipinski definition) is 1. The first kappa shape index (κ1) is 10.2. The summed E-state index contributed by atoms with van der Waals surface area (Å²) >= 11 is 3.39. The number of carbonyl (C=O) groups is 1. The maximum absolute atomic E-state index is 10.7. The van der Waals surface area contributed by atoms with E-state index in [1.54, 1.807) is 0 Å². The molecule has 4 nitrogen and oxygen atoms in total. The molecule has 2 aromatic heterocycles. The topological polar surface area (TPSA) is 46.4 Å². The van der Waals surface area contributed by atoms with Crippen molar-refractivity contribution in [3.8, 4) is 0 Å². The average Bonchev–Trinajstić information content (AvgIpc) is 2.56. The number of rotatable bonds is 2. The van der Waals surface area contributed by atoms with Gasteiger partial charge in [0, 0.05) is 23.8 Å². The standard InChI is InChI=1S/C10H10BrN3O/c1-7(15)12-4-9-6-14-5-8(11)2-3-10(14)13-9/h2-3,5-6H,4H2,1H3,(H,12,15). The lowest BCUT2D eigenvalue weighted by Gasteiger charge is -1.95. The second-order valence-electron chi connectivity index (χ2n) is 3.25. The van der Waals surface area contributed by atoms with Gasteiger partial charge >= 0.3 is 0 Å². The molecule has 5 heteroatoms. The first-order valence-corrected chi connectivity index (χ1v) is 5.32. The SMILES string of the molecule is CC(=O)NCc1cn2cc(Br)ccc2n1. The van der Waals surface area contributed by atoms with E-state index in [2.05, 4.69) is 26.2 Å². The second kappa shape index (κ2) is 4.02. The van der Waals surface area contributed by atoms with Gasteiger partial charge < -0.3 is 9.72 Å². The quantitative estimate of drug-likeness (QED) is 0.901. The number of nitrogens with one attached hydrogen (secondary N) is 1. The van der Waals surface area contributed by atoms with Crippen LogP contribution in [0.3, 0.4) is 0 Å². The van der Waals surface area contributed by atoms with E-state index in [9.17, 15) is 4.79 Å². The molecule has 0 atom stereocenters. The van der Waals surface area contributed by atoms with Gasteiger partial charge in [-0.3, -0.25) is 4.79 Å². The maximum atomic E-state index is 10.7. The average molecular weight is 268 g/mol. The van der Waals surface area contributed by atoms with Crippen LogP contribution in [0.4, 0.5) is 0 Å². The second-order valence-corrected chi connectivity index (χ2v) is 4.17. The lowest BCUT2D eigenvalue weighted by atomic mass is 10.4. The molecule has 2 aromatic rings. The fourth-order valence-corrected chi connectivity index (χ4v) is 1.67. The predicted octanol–water partition coefficient (Wildman–Crippen LogP) is 1.73. The lowest BCUT2D eigenvalue weighted by Crippen LogP contribution is -2.18. The van der Waals surface area contributed by atoms with E-state index in [0.29, 0.717) is 6.54 Å². The summed E-state index contributed by atoms with van der Waals surface area (Å²) in [6, 6.07) is 3.85. The molecule has 0 saturated carbocycles. The van der Waals surface area contributed by atoms with Crippen LogP contribution in [0.5, 0.6) is 0 Å². The van der Waals surface area contributed by atoms with Crippen LogP contribution in [0.25, 0.3) is 5.65 Å². The van der Waals surface area contributed by atoms with Gasteiger partial charge in [0.05, 0.1) is 12.2 Å². The summed E-state index contributed by atoms with van der Waals surface area (Å²) in [6.45, 7) is 1.96. The zero-order valence-corrected chi connectivity index (χ0v) is 9.78. The largest absolute Gasteiger partial charge is 0.351 e. The van der Waals surface area contributed by atoms with E-state index in [4.69, 9.17) is 0 Å². The van der Waals surface area contributed by atoms with Gasteiger partial charge in [-0.25, -0.2) is 4.98 Å². The summed E-state index contributed by atoms with van der Waals surface area (Å²) in [6.07, 6.45) is 3.83. The number of pyridine rings is 1. The van der Waals surface area contributed by atoms with E-state index in [-0.39, 0.29) is 5.91 Å². The monoisotopic (exact) mass is 267 g/mol. The highest BCUT2D eigenvalue weighted by atomic mass is 79.9. The van der Waals surface area contributed by atoms with Crippen LogP contribution in [0, 0.1) is 0 Å². The van der Waals surface area contributed by atoms with E-state index in [0.717, 1.165) is 15.8 Å². The molecule has 2 heterocycles. The van der Waals surface area contributed by atoms with Gasteiger partial charge in [0.25, 0.3) is 0 Å². The molecule has 0 aliphatic rings. The van der Waals surface area contributed by atoms with Gasteiger partial charge in [0.2, 0.25) is 5.91 Å². The van der Waals surface area contributed by atoms with Crippen LogP contribution < -0.4 is 5.32 Å². The van der Waals surface area contributed by atoms with Crippen LogP contribution in [0.15, 0.2) is 29.0 Å². The Kier molecular flexibility index (Phi) is 2.73. The van der Waals surface area contributed by atoms with Crippen molar-refractivity contribution in [1.29, 1.82) is 0 Å². The Hall–Kier alpha value is -1.36. The van der Waals surface area contributed by atoms with Gasteiger partial charge in [-0.2, -0.15) is 0 Å². The number of aromatic nitrogens is 2. The molecule has 1 N–H and O–H groups in total. The summed E-state index contributed by atoms with van der Waals surface area (Å²) < 4.78 is 2.92. The molecule has 78 valence electrons. The van der Waals surface area contributed by atoms with Gasteiger partial charge in [0.1, 0.15) is 5.65 Å². The van der Waals surface area contributed by atoms with Crippen molar-refractivity contribution in [2.75, 3.05) is 0 Å². The molecule has 15 heavy (non-hydrogen) atoms. The molecule has 0 bridgehead atoms. The zero-order valence-electron chi connectivity index (χ0n) is 8.20. The van der Waals surface area contributed by atoms with Crippen molar-refractivity contribution in [2.24, 2.45) is 0 Å². The molecular weight excluding hydrogens is 258 g/mol. The van der Waals surface area contributed by atoms with Crippen LogP contribution in [-0.2, 0) is 11.3 Å². The number of carbonyl (C=O) groups excluding carboxylic acids is 1. The summed E-state index contributed by atoms with van der Waals surface area (Å²) in [7, 11) is 0. The number of hydrogen-bond acceptors (Lipinski definition) is 2. The predicted molar refractivity (Wildman–Crippen MR) is 60.4 cm³/mol. The van der Waals surface area contributed by atoms with Crippen molar-refractivity contribution in [3.63, 3.8) is 0 Å². The molecule has 0 spiro atoms.